The Kier molecular flexibility index (Phi) is 4.43. The molecule has 0 radical (unpaired) electrons. The SMILES string of the molecule is CCCc1ccc(C(=O)C[C@]2(O)C(=O)Nc3ccc(Cl)cc32)cc1. The molecule has 124 valence electrons. The zero-order valence-corrected chi connectivity index (χ0v) is 14.1. The summed E-state index contributed by atoms with van der Waals surface area (Å²) in [5, 5.41) is 13.8. The van der Waals surface area contributed by atoms with Crippen LogP contribution < -0.4 is 5.32 Å². The molecule has 5 heteroatoms. The van der Waals surface area contributed by atoms with Crippen LogP contribution >= 0.6 is 11.6 Å². The summed E-state index contributed by atoms with van der Waals surface area (Å²) in [6, 6.07) is 12.1. The highest BCUT2D eigenvalue weighted by atomic mass is 35.5. The first kappa shape index (κ1) is 16.7. The number of carbonyl (C=O) groups excluding carboxylic acids is 2. The number of benzene rings is 2. The predicted octanol–water partition coefficient (Wildman–Crippen LogP) is 3.71. The molecule has 1 aliphatic heterocycles. The lowest BCUT2D eigenvalue weighted by atomic mass is 9.88. The molecule has 0 fully saturated rings. The lowest BCUT2D eigenvalue weighted by Crippen LogP contribution is -2.36. The van der Waals surface area contributed by atoms with Crippen molar-refractivity contribution < 1.29 is 14.7 Å². The number of nitrogens with one attached hydrogen (secondary N) is 1. The van der Waals surface area contributed by atoms with Gasteiger partial charge in [0.25, 0.3) is 5.91 Å². The normalized spacial score (nSPS) is 19.0. The van der Waals surface area contributed by atoms with Crippen molar-refractivity contribution in [3.8, 4) is 0 Å². The Morgan fingerprint density at radius 1 is 1.21 bits per heavy atom. The van der Waals surface area contributed by atoms with Crippen LogP contribution in [-0.2, 0) is 16.8 Å². The van der Waals surface area contributed by atoms with Crippen LogP contribution in [0, 0.1) is 0 Å². The average molecular weight is 344 g/mol. The van der Waals surface area contributed by atoms with Crippen LogP contribution in [0.15, 0.2) is 42.5 Å². The first-order valence-electron chi connectivity index (χ1n) is 7.90. The molecule has 2 aromatic rings. The Balaban J connectivity index is 1.86. The first-order valence-corrected chi connectivity index (χ1v) is 8.28. The van der Waals surface area contributed by atoms with E-state index in [-0.39, 0.29) is 12.2 Å². The van der Waals surface area contributed by atoms with Crippen LogP contribution in [0.1, 0.15) is 41.3 Å². The monoisotopic (exact) mass is 343 g/mol. The van der Waals surface area contributed by atoms with Crippen molar-refractivity contribution >= 4 is 29.0 Å². The van der Waals surface area contributed by atoms with Crippen LogP contribution in [0.2, 0.25) is 5.02 Å². The van der Waals surface area contributed by atoms with Crippen LogP contribution in [0.25, 0.3) is 0 Å². The second-order valence-electron chi connectivity index (χ2n) is 6.05. The minimum atomic E-state index is -1.89. The van der Waals surface area contributed by atoms with E-state index in [4.69, 9.17) is 11.6 Å². The smallest absolute Gasteiger partial charge is 0.261 e. The highest BCUT2D eigenvalue weighted by Crippen LogP contribution is 2.40. The number of Topliss-reactive ketones (excluding diaryl/α,β-unsaturated/α-hetero) is 1. The van der Waals surface area contributed by atoms with Gasteiger partial charge in [-0.15, -0.1) is 0 Å². The molecule has 1 amide bonds. The molecule has 0 spiro atoms. The lowest BCUT2D eigenvalue weighted by Gasteiger charge is -2.20. The number of hydrogen-bond acceptors (Lipinski definition) is 3. The van der Waals surface area contributed by atoms with E-state index in [9.17, 15) is 14.7 Å². The lowest BCUT2D eigenvalue weighted by molar-refractivity contribution is -0.133. The first-order chi connectivity index (χ1) is 11.4. The average Bonchev–Trinajstić information content (AvgIpc) is 2.79. The van der Waals surface area contributed by atoms with Gasteiger partial charge in [-0.05, 0) is 30.2 Å². The number of fused-ring (bicyclic) bond motifs is 1. The van der Waals surface area contributed by atoms with E-state index in [1.165, 1.54) is 6.07 Å². The second-order valence-corrected chi connectivity index (χ2v) is 6.49. The third-order valence-electron chi connectivity index (χ3n) is 4.28. The number of aliphatic hydroxyl groups is 1. The molecule has 0 saturated heterocycles. The van der Waals surface area contributed by atoms with E-state index in [0.717, 1.165) is 18.4 Å². The molecule has 2 N–H and O–H groups in total. The molecule has 2 aromatic carbocycles. The standard InChI is InChI=1S/C19H18ClNO3/c1-2-3-12-4-6-13(7-5-12)17(22)11-19(24)15-10-14(20)8-9-16(15)21-18(19)23/h4-10,24H,2-3,11H2,1H3,(H,21,23)/t19-/m1/s1. The van der Waals surface area contributed by atoms with Crippen molar-refractivity contribution in [2.75, 3.05) is 5.32 Å². The van der Waals surface area contributed by atoms with Gasteiger partial charge in [0, 0.05) is 21.8 Å². The van der Waals surface area contributed by atoms with Gasteiger partial charge >= 0.3 is 0 Å². The fourth-order valence-corrected chi connectivity index (χ4v) is 3.14. The summed E-state index contributed by atoms with van der Waals surface area (Å²) in [6.07, 6.45) is 1.66. The van der Waals surface area contributed by atoms with E-state index < -0.39 is 11.5 Å². The zero-order valence-electron chi connectivity index (χ0n) is 13.3. The van der Waals surface area contributed by atoms with Crippen molar-refractivity contribution in [1.29, 1.82) is 0 Å². The highest BCUT2D eigenvalue weighted by molar-refractivity contribution is 6.31. The number of anilines is 1. The Morgan fingerprint density at radius 3 is 2.58 bits per heavy atom. The van der Waals surface area contributed by atoms with Gasteiger partial charge in [0.1, 0.15) is 0 Å². The number of carbonyl (C=O) groups is 2. The van der Waals surface area contributed by atoms with Crippen molar-refractivity contribution in [2.24, 2.45) is 0 Å². The second kappa shape index (κ2) is 6.38. The molecule has 1 aliphatic rings. The zero-order chi connectivity index (χ0) is 17.3. The van der Waals surface area contributed by atoms with Gasteiger partial charge in [0.15, 0.2) is 11.4 Å². The van der Waals surface area contributed by atoms with E-state index in [0.29, 0.717) is 21.8 Å². The summed E-state index contributed by atoms with van der Waals surface area (Å²) in [5.74, 6) is -0.890. The third-order valence-corrected chi connectivity index (χ3v) is 4.52. The van der Waals surface area contributed by atoms with Gasteiger partial charge in [0.2, 0.25) is 0 Å². The molecule has 0 saturated carbocycles. The van der Waals surface area contributed by atoms with Gasteiger partial charge in [-0.2, -0.15) is 0 Å². The molecular weight excluding hydrogens is 326 g/mol. The number of hydrogen-bond donors (Lipinski definition) is 2. The van der Waals surface area contributed by atoms with Gasteiger partial charge in [-0.25, -0.2) is 0 Å². The molecule has 1 atom stereocenters. The summed E-state index contributed by atoms with van der Waals surface area (Å²) in [5.41, 5.74) is 0.573. The van der Waals surface area contributed by atoms with Crippen LogP contribution in [0.5, 0.6) is 0 Å². The Bertz CT molecular complexity index is 801. The molecule has 0 aliphatic carbocycles. The highest BCUT2D eigenvalue weighted by Gasteiger charge is 2.46. The Morgan fingerprint density at radius 2 is 1.92 bits per heavy atom. The fraction of sp³-hybridized carbons (Fsp3) is 0.263. The molecule has 0 aromatic heterocycles. The fourth-order valence-electron chi connectivity index (χ4n) is 2.97. The van der Waals surface area contributed by atoms with E-state index in [2.05, 4.69) is 12.2 Å². The quantitative estimate of drug-likeness (QED) is 0.813. The van der Waals surface area contributed by atoms with E-state index in [1.54, 1.807) is 24.3 Å². The molecule has 0 unspecified atom stereocenters. The summed E-state index contributed by atoms with van der Waals surface area (Å²) in [6.45, 7) is 2.09. The van der Waals surface area contributed by atoms with Crippen molar-refractivity contribution in [3.63, 3.8) is 0 Å². The third kappa shape index (κ3) is 2.95. The van der Waals surface area contributed by atoms with Gasteiger partial charge < -0.3 is 10.4 Å². The summed E-state index contributed by atoms with van der Waals surface area (Å²) in [7, 11) is 0. The number of rotatable bonds is 5. The molecular formula is C19H18ClNO3. The largest absolute Gasteiger partial charge is 0.375 e. The van der Waals surface area contributed by atoms with E-state index in [1.807, 2.05) is 12.1 Å². The van der Waals surface area contributed by atoms with Gasteiger partial charge in [-0.3, -0.25) is 9.59 Å². The van der Waals surface area contributed by atoms with Crippen molar-refractivity contribution in [3.05, 3.63) is 64.2 Å². The minimum absolute atomic E-state index is 0.288. The van der Waals surface area contributed by atoms with Gasteiger partial charge in [-0.1, -0.05) is 49.2 Å². The van der Waals surface area contributed by atoms with Crippen molar-refractivity contribution in [1.82, 2.24) is 0 Å². The van der Waals surface area contributed by atoms with Crippen LogP contribution in [0.3, 0.4) is 0 Å². The number of aryl methyl sites for hydroxylation is 1. The molecule has 24 heavy (non-hydrogen) atoms. The molecule has 3 rings (SSSR count). The topological polar surface area (TPSA) is 66.4 Å². The maximum absolute atomic E-state index is 12.5. The maximum atomic E-state index is 12.5. The summed E-state index contributed by atoms with van der Waals surface area (Å²) in [4.78, 5) is 24.8. The van der Waals surface area contributed by atoms with Gasteiger partial charge in [0.05, 0.1) is 6.42 Å². The number of halogens is 1. The predicted molar refractivity (Wildman–Crippen MR) is 93.4 cm³/mol. The number of amides is 1. The molecule has 1 heterocycles. The summed E-state index contributed by atoms with van der Waals surface area (Å²) >= 11 is 5.96. The van der Waals surface area contributed by atoms with Crippen LogP contribution in [-0.4, -0.2) is 16.8 Å². The van der Waals surface area contributed by atoms with Crippen molar-refractivity contribution in [2.45, 2.75) is 31.8 Å². The maximum Gasteiger partial charge on any atom is 0.261 e. The molecule has 0 bridgehead atoms. The van der Waals surface area contributed by atoms with E-state index >= 15 is 0 Å². The number of ketones is 1. The van der Waals surface area contributed by atoms with Crippen LogP contribution in [0.4, 0.5) is 5.69 Å². The Labute approximate surface area is 145 Å². The molecule has 4 nitrogen and oxygen atoms in total. The Hall–Kier alpha value is -2.17. The minimum Gasteiger partial charge on any atom is -0.375 e. The summed E-state index contributed by atoms with van der Waals surface area (Å²) < 4.78 is 0.